The van der Waals surface area contributed by atoms with E-state index in [0.29, 0.717) is 0 Å². The van der Waals surface area contributed by atoms with Gasteiger partial charge in [0.1, 0.15) is 5.69 Å². The molecule has 0 aliphatic carbocycles. The number of benzene rings is 2. The molecule has 0 saturated heterocycles. The number of aromatic carboxylic acids is 1. The van der Waals surface area contributed by atoms with Gasteiger partial charge in [0.15, 0.2) is 0 Å². The van der Waals surface area contributed by atoms with Crippen molar-refractivity contribution in [3.8, 4) is 5.69 Å². The van der Waals surface area contributed by atoms with E-state index in [9.17, 15) is 9.90 Å². The lowest BCUT2D eigenvalue weighted by atomic mass is 10.2. The second-order valence-corrected chi connectivity index (χ2v) is 5.07. The van der Waals surface area contributed by atoms with Crippen molar-refractivity contribution < 1.29 is 9.90 Å². The minimum absolute atomic E-state index is 0.287. The van der Waals surface area contributed by atoms with E-state index in [-0.39, 0.29) is 5.69 Å². The molecule has 0 unspecified atom stereocenters. The van der Waals surface area contributed by atoms with Gasteiger partial charge < -0.3 is 9.67 Å². The fraction of sp³-hybridized carbons (Fsp3) is 0.118. The highest BCUT2D eigenvalue weighted by atomic mass is 16.4. The van der Waals surface area contributed by atoms with Crippen LogP contribution >= 0.6 is 0 Å². The molecule has 0 fully saturated rings. The lowest BCUT2D eigenvalue weighted by molar-refractivity contribution is 0.0688. The largest absolute Gasteiger partial charge is 0.477 e. The standard InChI is InChI=1S/C17H15NO2/c1-11-3-6-14(7-4-11)18-15-8-5-12(2)9-13(15)10-16(18)17(19)20/h3-10H,1-2H3,(H,19,20). The van der Waals surface area contributed by atoms with Crippen LogP contribution in [0, 0.1) is 13.8 Å². The molecule has 100 valence electrons. The number of carboxylic acid groups (broad SMARTS) is 1. The lowest BCUT2D eigenvalue weighted by Crippen LogP contribution is -2.06. The molecule has 0 amide bonds. The number of nitrogens with zero attached hydrogens (tertiary/aromatic N) is 1. The second kappa shape index (κ2) is 4.53. The highest BCUT2D eigenvalue weighted by Gasteiger charge is 2.15. The van der Waals surface area contributed by atoms with Gasteiger partial charge in [0.2, 0.25) is 0 Å². The number of rotatable bonds is 2. The molecule has 1 aromatic heterocycles. The second-order valence-electron chi connectivity index (χ2n) is 5.07. The number of hydrogen-bond donors (Lipinski definition) is 1. The topological polar surface area (TPSA) is 42.2 Å². The number of carboxylic acids is 1. The molecule has 0 bridgehead atoms. The first-order valence-corrected chi connectivity index (χ1v) is 6.49. The molecule has 3 nitrogen and oxygen atoms in total. The van der Waals surface area contributed by atoms with E-state index in [0.717, 1.165) is 27.7 Å². The van der Waals surface area contributed by atoms with Crippen LogP contribution in [-0.4, -0.2) is 15.6 Å². The molecule has 3 aromatic rings. The predicted molar refractivity (Wildman–Crippen MR) is 79.7 cm³/mol. The Morgan fingerprint density at radius 1 is 0.950 bits per heavy atom. The Bertz CT molecular complexity index is 798. The smallest absolute Gasteiger partial charge is 0.352 e. The Balaban J connectivity index is 2.34. The van der Waals surface area contributed by atoms with Crippen molar-refractivity contribution in [3.63, 3.8) is 0 Å². The number of aryl methyl sites for hydroxylation is 2. The molecule has 0 radical (unpaired) electrons. The Labute approximate surface area is 117 Å². The third-order valence-electron chi connectivity index (χ3n) is 3.47. The average Bonchev–Trinajstić information content (AvgIpc) is 2.78. The molecule has 1 N–H and O–H groups in total. The maximum Gasteiger partial charge on any atom is 0.352 e. The summed E-state index contributed by atoms with van der Waals surface area (Å²) in [6, 6.07) is 15.6. The number of hydrogen-bond acceptors (Lipinski definition) is 1. The van der Waals surface area contributed by atoms with Crippen LogP contribution in [0.1, 0.15) is 21.6 Å². The van der Waals surface area contributed by atoms with Crippen molar-refractivity contribution in [2.75, 3.05) is 0 Å². The van der Waals surface area contributed by atoms with E-state index in [1.807, 2.05) is 56.3 Å². The summed E-state index contributed by atoms with van der Waals surface area (Å²) >= 11 is 0. The minimum Gasteiger partial charge on any atom is -0.477 e. The molecular formula is C17H15NO2. The molecule has 2 aromatic carbocycles. The van der Waals surface area contributed by atoms with Gasteiger partial charge in [0, 0.05) is 11.1 Å². The van der Waals surface area contributed by atoms with Crippen LogP contribution < -0.4 is 0 Å². The maximum atomic E-state index is 11.5. The normalized spacial score (nSPS) is 10.9. The first-order chi connectivity index (χ1) is 9.56. The summed E-state index contributed by atoms with van der Waals surface area (Å²) in [6.45, 7) is 4.02. The summed E-state index contributed by atoms with van der Waals surface area (Å²) in [4.78, 5) is 11.5. The summed E-state index contributed by atoms with van der Waals surface area (Å²) < 4.78 is 1.79. The van der Waals surface area contributed by atoms with Gasteiger partial charge >= 0.3 is 5.97 Å². The zero-order valence-corrected chi connectivity index (χ0v) is 11.4. The fourth-order valence-corrected chi connectivity index (χ4v) is 2.46. The first kappa shape index (κ1) is 12.5. The highest BCUT2D eigenvalue weighted by Crippen LogP contribution is 2.25. The molecule has 3 rings (SSSR count). The summed E-state index contributed by atoms with van der Waals surface area (Å²) in [5.74, 6) is -0.917. The summed E-state index contributed by atoms with van der Waals surface area (Å²) in [6.07, 6.45) is 0. The lowest BCUT2D eigenvalue weighted by Gasteiger charge is -2.09. The monoisotopic (exact) mass is 265 g/mol. The van der Waals surface area contributed by atoms with E-state index >= 15 is 0 Å². The van der Waals surface area contributed by atoms with Gasteiger partial charge in [-0.05, 0) is 44.2 Å². The Kier molecular flexibility index (Phi) is 2.83. The maximum absolute atomic E-state index is 11.5. The molecule has 1 heterocycles. The summed E-state index contributed by atoms with van der Waals surface area (Å²) in [7, 11) is 0. The Morgan fingerprint density at radius 2 is 1.60 bits per heavy atom. The first-order valence-electron chi connectivity index (χ1n) is 6.49. The Hall–Kier alpha value is -2.55. The molecule has 20 heavy (non-hydrogen) atoms. The van der Waals surface area contributed by atoms with Gasteiger partial charge in [0.25, 0.3) is 0 Å². The van der Waals surface area contributed by atoms with Crippen LogP contribution in [0.5, 0.6) is 0 Å². The van der Waals surface area contributed by atoms with Crippen LogP contribution in [0.3, 0.4) is 0 Å². The van der Waals surface area contributed by atoms with Crippen molar-refractivity contribution in [2.24, 2.45) is 0 Å². The molecular weight excluding hydrogens is 250 g/mol. The third-order valence-corrected chi connectivity index (χ3v) is 3.47. The minimum atomic E-state index is -0.917. The van der Waals surface area contributed by atoms with Crippen molar-refractivity contribution in [2.45, 2.75) is 13.8 Å². The third kappa shape index (κ3) is 1.97. The SMILES string of the molecule is Cc1ccc(-n2c(C(=O)O)cc3cc(C)ccc32)cc1. The van der Waals surface area contributed by atoms with Gasteiger partial charge in [-0.2, -0.15) is 0 Å². The van der Waals surface area contributed by atoms with E-state index < -0.39 is 5.97 Å². The van der Waals surface area contributed by atoms with E-state index in [1.165, 1.54) is 0 Å². The molecule has 0 saturated carbocycles. The number of carbonyl (C=O) groups is 1. The van der Waals surface area contributed by atoms with Crippen LogP contribution in [0.4, 0.5) is 0 Å². The van der Waals surface area contributed by atoms with E-state index in [2.05, 4.69) is 0 Å². The van der Waals surface area contributed by atoms with Crippen LogP contribution in [-0.2, 0) is 0 Å². The van der Waals surface area contributed by atoms with Gasteiger partial charge in [-0.15, -0.1) is 0 Å². The molecule has 0 atom stereocenters. The average molecular weight is 265 g/mol. The Morgan fingerprint density at radius 3 is 2.25 bits per heavy atom. The summed E-state index contributed by atoms with van der Waals surface area (Å²) in [5.41, 5.74) is 4.34. The van der Waals surface area contributed by atoms with Crippen molar-refractivity contribution in [1.82, 2.24) is 4.57 Å². The van der Waals surface area contributed by atoms with Crippen LogP contribution in [0.15, 0.2) is 48.5 Å². The quantitative estimate of drug-likeness (QED) is 0.762. The molecule has 0 spiro atoms. The van der Waals surface area contributed by atoms with Crippen molar-refractivity contribution in [1.29, 1.82) is 0 Å². The highest BCUT2D eigenvalue weighted by molar-refractivity contribution is 5.96. The van der Waals surface area contributed by atoms with Gasteiger partial charge in [0.05, 0.1) is 5.52 Å². The number of aromatic nitrogens is 1. The fourth-order valence-electron chi connectivity index (χ4n) is 2.46. The zero-order chi connectivity index (χ0) is 14.3. The molecule has 0 aliphatic rings. The van der Waals surface area contributed by atoms with E-state index in [1.54, 1.807) is 10.6 Å². The van der Waals surface area contributed by atoms with E-state index in [4.69, 9.17) is 0 Å². The van der Waals surface area contributed by atoms with Crippen molar-refractivity contribution in [3.05, 3.63) is 65.4 Å². The number of fused-ring (bicyclic) bond motifs is 1. The van der Waals surface area contributed by atoms with Crippen LogP contribution in [0.25, 0.3) is 16.6 Å². The van der Waals surface area contributed by atoms with Gasteiger partial charge in [-0.3, -0.25) is 0 Å². The zero-order valence-electron chi connectivity index (χ0n) is 11.4. The van der Waals surface area contributed by atoms with Gasteiger partial charge in [-0.25, -0.2) is 4.79 Å². The molecule has 3 heteroatoms. The summed E-state index contributed by atoms with van der Waals surface area (Å²) in [5, 5.41) is 10.4. The van der Waals surface area contributed by atoms with Gasteiger partial charge in [-0.1, -0.05) is 29.3 Å². The van der Waals surface area contributed by atoms with Crippen molar-refractivity contribution >= 4 is 16.9 Å². The predicted octanol–water partition coefficient (Wildman–Crippen LogP) is 3.95. The molecule has 0 aliphatic heterocycles. The van der Waals surface area contributed by atoms with Crippen LogP contribution in [0.2, 0.25) is 0 Å².